The van der Waals surface area contributed by atoms with Crippen LogP contribution in [0.4, 0.5) is 5.13 Å². The van der Waals surface area contributed by atoms with Crippen molar-refractivity contribution in [2.75, 3.05) is 44.7 Å². The summed E-state index contributed by atoms with van der Waals surface area (Å²) in [7, 11) is 1.64. The van der Waals surface area contributed by atoms with Gasteiger partial charge in [-0.1, -0.05) is 29.8 Å². The van der Waals surface area contributed by atoms with Gasteiger partial charge in [-0.2, -0.15) is 9.36 Å². The Morgan fingerprint density at radius 2 is 2.00 bits per heavy atom. The number of nitrogens with zero attached hydrogens (tertiary/aromatic N) is 5. The molecule has 8 heteroatoms. The first kappa shape index (κ1) is 19.1. The molecule has 146 valence electrons. The van der Waals surface area contributed by atoms with Crippen LogP contribution in [0.2, 0.25) is 5.02 Å². The normalized spacial score (nSPS) is 15.0. The summed E-state index contributed by atoms with van der Waals surface area (Å²) in [5.41, 5.74) is 2.19. The lowest BCUT2D eigenvalue weighted by molar-refractivity contribution is 0.261. The lowest BCUT2D eigenvalue weighted by Gasteiger charge is -2.34. The second kappa shape index (κ2) is 8.86. The van der Waals surface area contributed by atoms with Gasteiger partial charge in [0.05, 0.1) is 7.11 Å². The Morgan fingerprint density at radius 3 is 2.71 bits per heavy atom. The van der Waals surface area contributed by atoms with Crippen LogP contribution >= 0.6 is 23.1 Å². The molecule has 28 heavy (non-hydrogen) atoms. The van der Waals surface area contributed by atoms with Gasteiger partial charge in [0, 0.05) is 67.1 Å². The summed E-state index contributed by atoms with van der Waals surface area (Å²) in [6, 6.07) is 11.7. The zero-order chi connectivity index (χ0) is 19.3. The Balaban J connectivity index is 1.29. The molecule has 0 radical (unpaired) electrons. The number of ether oxygens (including phenoxy) is 1. The summed E-state index contributed by atoms with van der Waals surface area (Å²) in [5.74, 6) is 1.41. The van der Waals surface area contributed by atoms with Gasteiger partial charge in [-0.15, -0.1) is 0 Å². The zero-order valence-corrected chi connectivity index (χ0v) is 17.3. The number of hydrogen-bond donors (Lipinski definition) is 0. The number of methoxy groups -OCH3 is 1. The summed E-state index contributed by atoms with van der Waals surface area (Å²) in [5, 5.41) is 1.68. The van der Waals surface area contributed by atoms with E-state index in [2.05, 4.69) is 25.2 Å². The van der Waals surface area contributed by atoms with E-state index in [4.69, 9.17) is 21.3 Å². The second-order valence-electron chi connectivity index (χ2n) is 6.70. The Hall–Kier alpha value is -2.22. The first-order valence-electron chi connectivity index (χ1n) is 9.27. The number of piperazine rings is 1. The molecule has 2 aromatic heterocycles. The predicted molar refractivity (Wildman–Crippen MR) is 114 cm³/mol. The molecule has 1 aromatic carbocycles. The number of rotatable bonds is 6. The number of anilines is 1. The van der Waals surface area contributed by atoms with E-state index in [1.165, 1.54) is 17.1 Å². The molecule has 0 N–H and O–H groups in total. The molecule has 3 heterocycles. The third-order valence-electron chi connectivity index (χ3n) is 4.86. The number of pyridine rings is 1. The number of hydrogen-bond acceptors (Lipinski definition) is 7. The van der Waals surface area contributed by atoms with E-state index < -0.39 is 0 Å². The topological polar surface area (TPSA) is 54.4 Å². The average molecular weight is 416 g/mol. The molecule has 0 atom stereocenters. The third kappa shape index (κ3) is 4.60. The summed E-state index contributed by atoms with van der Waals surface area (Å²) in [6.07, 6.45) is 2.89. The zero-order valence-electron chi connectivity index (χ0n) is 15.7. The maximum atomic E-state index is 6.08. The van der Waals surface area contributed by atoms with Gasteiger partial charge in [-0.25, -0.2) is 4.98 Å². The average Bonchev–Trinajstić information content (AvgIpc) is 3.23. The van der Waals surface area contributed by atoms with Crippen LogP contribution in [0.5, 0.6) is 5.88 Å². The predicted octanol–water partition coefficient (Wildman–Crippen LogP) is 3.63. The number of aromatic nitrogens is 3. The van der Waals surface area contributed by atoms with E-state index >= 15 is 0 Å². The molecular formula is C20H22ClN5OS. The van der Waals surface area contributed by atoms with Crippen molar-refractivity contribution in [2.45, 2.75) is 6.42 Å². The Bertz CT molecular complexity index is 909. The maximum absolute atomic E-state index is 6.08. The van der Waals surface area contributed by atoms with E-state index in [0.29, 0.717) is 10.9 Å². The largest absolute Gasteiger partial charge is 0.481 e. The van der Waals surface area contributed by atoms with Crippen LogP contribution in [0.1, 0.15) is 5.56 Å². The van der Waals surface area contributed by atoms with E-state index in [1.54, 1.807) is 7.11 Å². The number of benzene rings is 1. The summed E-state index contributed by atoms with van der Waals surface area (Å²) in [6.45, 7) is 5.01. The van der Waals surface area contributed by atoms with Crippen LogP contribution in [0.15, 0.2) is 42.6 Å². The Kier molecular flexibility index (Phi) is 6.04. The summed E-state index contributed by atoms with van der Waals surface area (Å²) < 4.78 is 9.62. The highest BCUT2D eigenvalue weighted by molar-refractivity contribution is 7.09. The van der Waals surface area contributed by atoms with E-state index in [9.17, 15) is 0 Å². The van der Waals surface area contributed by atoms with Crippen molar-refractivity contribution in [1.29, 1.82) is 0 Å². The molecule has 0 amide bonds. The van der Waals surface area contributed by atoms with Gasteiger partial charge in [0.25, 0.3) is 0 Å². The fourth-order valence-electron chi connectivity index (χ4n) is 3.22. The maximum Gasteiger partial charge on any atom is 0.212 e. The van der Waals surface area contributed by atoms with Gasteiger partial charge in [-0.3, -0.25) is 4.90 Å². The molecule has 4 rings (SSSR count). The fourth-order valence-corrected chi connectivity index (χ4v) is 4.15. The highest BCUT2D eigenvalue weighted by atomic mass is 35.5. The van der Waals surface area contributed by atoms with Crippen LogP contribution < -0.4 is 9.64 Å². The molecule has 0 saturated carbocycles. The van der Waals surface area contributed by atoms with Crippen LogP contribution in [0.3, 0.4) is 0 Å². The molecule has 1 saturated heterocycles. The SMILES string of the molecule is COc1ccc(CCN2CCN(c3nc(-c4cccc(Cl)c4)ns3)CC2)cn1. The Labute approximate surface area is 173 Å². The van der Waals surface area contributed by atoms with E-state index in [1.807, 2.05) is 36.5 Å². The van der Waals surface area contributed by atoms with Gasteiger partial charge in [0.1, 0.15) is 0 Å². The van der Waals surface area contributed by atoms with E-state index in [0.717, 1.165) is 55.7 Å². The monoisotopic (exact) mass is 415 g/mol. The molecule has 0 aliphatic carbocycles. The van der Waals surface area contributed by atoms with Crippen molar-refractivity contribution >= 4 is 28.3 Å². The van der Waals surface area contributed by atoms with Crippen molar-refractivity contribution in [3.05, 3.63) is 53.2 Å². The molecule has 0 unspecified atom stereocenters. The highest BCUT2D eigenvalue weighted by Gasteiger charge is 2.20. The van der Waals surface area contributed by atoms with Crippen LogP contribution in [0.25, 0.3) is 11.4 Å². The first-order chi connectivity index (χ1) is 13.7. The van der Waals surface area contributed by atoms with Crippen molar-refractivity contribution in [3.63, 3.8) is 0 Å². The van der Waals surface area contributed by atoms with Gasteiger partial charge >= 0.3 is 0 Å². The molecule has 1 aliphatic rings. The van der Waals surface area contributed by atoms with E-state index in [-0.39, 0.29) is 0 Å². The minimum atomic E-state index is 0.659. The molecule has 0 spiro atoms. The smallest absolute Gasteiger partial charge is 0.212 e. The fraction of sp³-hybridized carbons (Fsp3) is 0.350. The lowest BCUT2D eigenvalue weighted by Crippen LogP contribution is -2.47. The highest BCUT2D eigenvalue weighted by Crippen LogP contribution is 2.26. The molecular weight excluding hydrogens is 394 g/mol. The standard InChI is InChI=1S/C20H22ClN5OS/c1-27-18-6-5-15(14-22-18)7-8-25-9-11-26(12-10-25)20-23-19(24-28-20)16-3-2-4-17(21)13-16/h2-6,13-14H,7-12H2,1H3. The van der Waals surface area contributed by atoms with Crippen LogP contribution in [-0.4, -0.2) is 59.1 Å². The van der Waals surface area contributed by atoms with Crippen molar-refractivity contribution in [2.24, 2.45) is 0 Å². The summed E-state index contributed by atoms with van der Waals surface area (Å²) >= 11 is 7.53. The second-order valence-corrected chi connectivity index (χ2v) is 7.87. The van der Waals surface area contributed by atoms with Crippen molar-refractivity contribution in [1.82, 2.24) is 19.2 Å². The van der Waals surface area contributed by atoms with Crippen molar-refractivity contribution in [3.8, 4) is 17.3 Å². The van der Waals surface area contributed by atoms with Crippen LogP contribution in [0, 0.1) is 0 Å². The Morgan fingerprint density at radius 1 is 1.14 bits per heavy atom. The molecule has 0 bridgehead atoms. The van der Waals surface area contributed by atoms with Gasteiger partial charge in [0.15, 0.2) is 5.82 Å². The molecule has 1 fully saturated rings. The van der Waals surface area contributed by atoms with Crippen LogP contribution in [-0.2, 0) is 6.42 Å². The van der Waals surface area contributed by atoms with Gasteiger partial charge in [0.2, 0.25) is 11.0 Å². The number of halogens is 1. The van der Waals surface area contributed by atoms with Gasteiger partial charge in [-0.05, 0) is 24.1 Å². The summed E-state index contributed by atoms with van der Waals surface area (Å²) in [4.78, 5) is 13.8. The van der Waals surface area contributed by atoms with Gasteiger partial charge < -0.3 is 9.64 Å². The molecule has 1 aliphatic heterocycles. The minimum absolute atomic E-state index is 0.659. The lowest BCUT2D eigenvalue weighted by atomic mass is 10.2. The minimum Gasteiger partial charge on any atom is -0.481 e. The third-order valence-corrected chi connectivity index (χ3v) is 5.88. The molecule has 3 aromatic rings. The molecule has 6 nitrogen and oxygen atoms in total. The van der Waals surface area contributed by atoms with Crippen molar-refractivity contribution < 1.29 is 4.74 Å². The quantitative estimate of drug-likeness (QED) is 0.612. The first-order valence-corrected chi connectivity index (χ1v) is 10.4.